The number of carbonyl (C=O) groups excluding carboxylic acids is 1. The van der Waals surface area contributed by atoms with Crippen LogP contribution in [-0.2, 0) is 14.8 Å². The van der Waals surface area contributed by atoms with Crippen molar-refractivity contribution >= 4 is 33.2 Å². The minimum Gasteiger partial charge on any atom is -0.354 e. The molecule has 1 aromatic carbocycles. The van der Waals surface area contributed by atoms with Crippen molar-refractivity contribution in [3.8, 4) is 0 Å². The lowest BCUT2D eigenvalue weighted by Gasteiger charge is -2.32. The van der Waals surface area contributed by atoms with Crippen molar-refractivity contribution in [3.05, 3.63) is 29.3 Å². The number of sulfonamides is 1. The zero-order valence-corrected chi connectivity index (χ0v) is 17.8. The van der Waals surface area contributed by atoms with E-state index in [0.29, 0.717) is 17.3 Å². The highest BCUT2D eigenvalue weighted by atomic mass is 35.5. The van der Waals surface area contributed by atoms with E-state index in [0.717, 1.165) is 49.7 Å². The van der Waals surface area contributed by atoms with Gasteiger partial charge in [0.2, 0.25) is 15.9 Å². The number of anilines is 1. The van der Waals surface area contributed by atoms with E-state index in [1.54, 1.807) is 31.2 Å². The van der Waals surface area contributed by atoms with E-state index >= 15 is 0 Å². The van der Waals surface area contributed by atoms with Gasteiger partial charge in [0.05, 0.1) is 11.9 Å². The summed E-state index contributed by atoms with van der Waals surface area (Å²) in [6.07, 6.45) is 1.92. The Morgan fingerprint density at radius 1 is 1.30 bits per heavy atom. The van der Waals surface area contributed by atoms with E-state index in [2.05, 4.69) is 22.2 Å². The number of nitrogens with one attached hydrogen (secondary N) is 1. The molecule has 1 atom stereocenters. The summed E-state index contributed by atoms with van der Waals surface area (Å²) in [6, 6.07) is 5.64. The molecule has 0 aromatic heterocycles. The van der Waals surface area contributed by atoms with Crippen molar-refractivity contribution in [3.63, 3.8) is 0 Å². The van der Waals surface area contributed by atoms with E-state index in [1.807, 2.05) is 0 Å². The third-order valence-corrected chi connectivity index (χ3v) is 6.17. The molecule has 1 fully saturated rings. The minimum absolute atomic E-state index is 0.321. The fourth-order valence-electron chi connectivity index (χ4n) is 3.16. The normalized spacial score (nSPS) is 17.5. The molecule has 1 saturated heterocycles. The number of benzene rings is 1. The van der Waals surface area contributed by atoms with Crippen molar-refractivity contribution < 1.29 is 13.2 Å². The third kappa shape index (κ3) is 6.64. The average molecular weight is 417 g/mol. The number of amides is 1. The molecule has 0 radical (unpaired) electrons. The van der Waals surface area contributed by atoms with E-state index in [1.165, 1.54) is 0 Å². The van der Waals surface area contributed by atoms with Crippen molar-refractivity contribution in [1.29, 1.82) is 0 Å². The Kier molecular flexibility index (Phi) is 7.91. The van der Waals surface area contributed by atoms with Crippen LogP contribution in [0.4, 0.5) is 5.69 Å². The summed E-state index contributed by atoms with van der Waals surface area (Å²) in [5, 5.41) is 3.27. The Morgan fingerprint density at radius 3 is 2.56 bits per heavy atom. The molecule has 27 heavy (non-hydrogen) atoms. The number of piperazine rings is 1. The fraction of sp³-hybridized carbons (Fsp3) is 0.611. The molecule has 1 unspecified atom stereocenters. The maximum absolute atomic E-state index is 12.5. The van der Waals surface area contributed by atoms with Crippen LogP contribution < -0.4 is 9.62 Å². The predicted molar refractivity (Wildman–Crippen MR) is 110 cm³/mol. The minimum atomic E-state index is -3.63. The van der Waals surface area contributed by atoms with Crippen LogP contribution in [-0.4, -0.2) is 82.7 Å². The standard InChI is InChI=1S/C18H29ClN4O3S/c1-15(23(27(3,25)26)17-7-4-6-16(19)14-17)18(24)20-8-5-9-22-12-10-21(2)11-13-22/h4,6-7,14-15H,5,8-13H2,1-3H3,(H,20,24). The molecule has 1 aliphatic rings. The quantitative estimate of drug-likeness (QED) is 0.645. The van der Waals surface area contributed by atoms with E-state index in [4.69, 9.17) is 11.6 Å². The van der Waals surface area contributed by atoms with E-state index in [-0.39, 0.29) is 5.91 Å². The van der Waals surface area contributed by atoms with Gasteiger partial charge in [-0.1, -0.05) is 17.7 Å². The Bertz CT molecular complexity index is 736. The van der Waals surface area contributed by atoms with Gasteiger partial charge in [-0.05, 0) is 45.1 Å². The van der Waals surface area contributed by atoms with Crippen LogP contribution in [0.3, 0.4) is 0 Å². The molecule has 1 amide bonds. The first-order chi connectivity index (χ1) is 12.7. The average Bonchev–Trinajstić information content (AvgIpc) is 2.59. The molecular weight excluding hydrogens is 388 g/mol. The smallest absolute Gasteiger partial charge is 0.243 e. The fourth-order valence-corrected chi connectivity index (χ4v) is 4.51. The zero-order chi connectivity index (χ0) is 20.0. The molecule has 0 bridgehead atoms. The second kappa shape index (κ2) is 9.73. The summed E-state index contributed by atoms with van der Waals surface area (Å²) in [5.41, 5.74) is 0.380. The third-order valence-electron chi connectivity index (χ3n) is 4.70. The van der Waals surface area contributed by atoms with Crippen LogP contribution in [0.25, 0.3) is 0 Å². The summed E-state index contributed by atoms with van der Waals surface area (Å²) in [5.74, 6) is -0.321. The Balaban J connectivity index is 1.89. The molecule has 0 saturated carbocycles. The molecule has 1 heterocycles. The molecule has 2 rings (SSSR count). The highest BCUT2D eigenvalue weighted by molar-refractivity contribution is 7.92. The molecule has 0 spiro atoms. The molecule has 1 N–H and O–H groups in total. The number of hydrogen-bond donors (Lipinski definition) is 1. The highest BCUT2D eigenvalue weighted by Crippen LogP contribution is 2.24. The van der Waals surface area contributed by atoms with E-state index < -0.39 is 16.1 Å². The largest absolute Gasteiger partial charge is 0.354 e. The number of carbonyl (C=O) groups is 1. The summed E-state index contributed by atoms with van der Waals surface area (Å²) < 4.78 is 25.6. The van der Waals surface area contributed by atoms with Gasteiger partial charge in [-0.3, -0.25) is 9.10 Å². The first-order valence-corrected chi connectivity index (χ1v) is 11.3. The Morgan fingerprint density at radius 2 is 1.96 bits per heavy atom. The summed E-state index contributed by atoms with van der Waals surface area (Å²) in [4.78, 5) is 17.2. The number of rotatable bonds is 8. The number of halogens is 1. The van der Waals surface area contributed by atoms with Gasteiger partial charge < -0.3 is 15.1 Å². The molecule has 7 nitrogen and oxygen atoms in total. The summed E-state index contributed by atoms with van der Waals surface area (Å²) >= 11 is 5.98. The monoisotopic (exact) mass is 416 g/mol. The van der Waals surface area contributed by atoms with E-state index in [9.17, 15) is 13.2 Å². The van der Waals surface area contributed by atoms with Crippen molar-refractivity contribution in [2.45, 2.75) is 19.4 Å². The lowest BCUT2D eigenvalue weighted by atomic mass is 10.2. The Labute approximate surface area is 167 Å². The van der Waals surface area contributed by atoms with Gasteiger partial charge >= 0.3 is 0 Å². The molecule has 9 heteroatoms. The van der Waals surface area contributed by atoms with Crippen LogP contribution in [0, 0.1) is 0 Å². The van der Waals surface area contributed by atoms with Gasteiger partial charge in [-0.25, -0.2) is 8.42 Å². The molecule has 1 aromatic rings. The molecule has 0 aliphatic carbocycles. The summed E-state index contributed by atoms with van der Waals surface area (Å²) in [6.45, 7) is 7.22. The van der Waals surface area contributed by atoms with Crippen molar-refractivity contribution in [2.24, 2.45) is 0 Å². The maximum Gasteiger partial charge on any atom is 0.243 e. The lowest BCUT2D eigenvalue weighted by molar-refractivity contribution is -0.121. The number of likely N-dealkylation sites (N-methyl/N-ethyl adjacent to an activating group) is 1. The Hall–Kier alpha value is -1.35. The van der Waals surface area contributed by atoms with Crippen LogP contribution in [0.5, 0.6) is 0 Å². The highest BCUT2D eigenvalue weighted by Gasteiger charge is 2.29. The van der Waals surface area contributed by atoms with Crippen molar-refractivity contribution in [2.75, 3.05) is 56.9 Å². The molecule has 152 valence electrons. The first-order valence-electron chi connectivity index (χ1n) is 9.12. The first kappa shape index (κ1) is 21.9. The van der Waals surface area contributed by atoms with Gasteiger partial charge in [0, 0.05) is 37.7 Å². The SMILES string of the molecule is CC(C(=O)NCCCN1CCN(C)CC1)N(c1cccc(Cl)c1)S(C)(=O)=O. The number of hydrogen-bond acceptors (Lipinski definition) is 5. The van der Waals surface area contributed by atoms with Gasteiger partial charge in [0.1, 0.15) is 6.04 Å². The summed E-state index contributed by atoms with van der Waals surface area (Å²) in [7, 11) is -1.51. The van der Waals surface area contributed by atoms with Crippen LogP contribution in [0.1, 0.15) is 13.3 Å². The van der Waals surface area contributed by atoms with Gasteiger partial charge in [-0.2, -0.15) is 0 Å². The van der Waals surface area contributed by atoms with Gasteiger partial charge in [0.25, 0.3) is 0 Å². The zero-order valence-electron chi connectivity index (χ0n) is 16.2. The van der Waals surface area contributed by atoms with Crippen LogP contribution in [0.15, 0.2) is 24.3 Å². The lowest BCUT2D eigenvalue weighted by Crippen LogP contribution is -2.48. The second-order valence-electron chi connectivity index (χ2n) is 7.00. The maximum atomic E-state index is 12.5. The topological polar surface area (TPSA) is 73.0 Å². The number of nitrogens with zero attached hydrogens (tertiary/aromatic N) is 3. The van der Waals surface area contributed by atoms with Crippen LogP contribution in [0.2, 0.25) is 5.02 Å². The van der Waals surface area contributed by atoms with Crippen LogP contribution >= 0.6 is 11.6 Å². The van der Waals surface area contributed by atoms with Crippen molar-refractivity contribution in [1.82, 2.24) is 15.1 Å². The van der Waals surface area contributed by atoms with Gasteiger partial charge in [-0.15, -0.1) is 0 Å². The molecular formula is C18H29ClN4O3S. The predicted octanol–water partition coefficient (Wildman–Crippen LogP) is 1.25. The molecule has 1 aliphatic heterocycles. The second-order valence-corrected chi connectivity index (χ2v) is 9.30. The van der Waals surface area contributed by atoms with Gasteiger partial charge in [0.15, 0.2) is 0 Å².